The van der Waals surface area contributed by atoms with Gasteiger partial charge in [0.25, 0.3) is 5.91 Å². The van der Waals surface area contributed by atoms with Gasteiger partial charge in [-0.15, -0.1) is 0 Å². The van der Waals surface area contributed by atoms with E-state index in [1.165, 1.54) is 23.3 Å². The standard InChI is InChI=1S/C23H27F3N8O/c1-5-29-17-7-16(23(24,25)26)8-18(9-17)32-22(35)15-6-21(13(2)30-10-15)34(28)12-20(27)19-11-31-33(4)14(19)3/h6-11,27,29H,5,12,28H2,1-4H3,(H,32,35). The molecule has 0 saturated carbocycles. The number of nitrogens with zero attached hydrogens (tertiary/aromatic N) is 4. The Morgan fingerprint density at radius 3 is 2.46 bits per heavy atom. The van der Waals surface area contributed by atoms with Crippen molar-refractivity contribution in [3.63, 3.8) is 0 Å². The molecule has 2 aromatic heterocycles. The van der Waals surface area contributed by atoms with Crippen LogP contribution in [0.1, 0.15) is 39.8 Å². The number of amides is 1. The monoisotopic (exact) mass is 488 g/mol. The predicted molar refractivity (Wildman–Crippen MR) is 129 cm³/mol. The Labute approximate surface area is 200 Å². The van der Waals surface area contributed by atoms with Crippen LogP contribution < -0.4 is 21.5 Å². The molecule has 3 rings (SSSR count). The molecule has 0 aliphatic carbocycles. The zero-order valence-corrected chi connectivity index (χ0v) is 19.8. The molecular weight excluding hydrogens is 461 g/mol. The maximum atomic E-state index is 13.3. The number of hydrogen-bond donors (Lipinski definition) is 4. The van der Waals surface area contributed by atoms with Gasteiger partial charge in [0.15, 0.2) is 0 Å². The lowest BCUT2D eigenvalue weighted by molar-refractivity contribution is -0.137. The molecule has 0 spiro atoms. The Hall–Kier alpha value is -3.93. The zero-order chi connectivity index (χ0) is 25.9. The topological polar surface area (TPSA) is 125 Å². The molecule has 3 aromatic rings. The molecule has 1 aromatic carbocycles. The SMILES string of the molecule is CCNc1cc(NC(=O)c2cnc(C)c(N(N)CC(=N)c3cnn(C)c3C)c2)cc(C(F)(F)F)c1. The van der Waals surface area contributed by atoms with Gasteiger partial charge in [0, 0.05) is 42.4 Å². The lowest BCUT2D eigenvalue weighted by atomic mass is 10.1. The second kappa shape index (κ2) is 10.1. The number of hydrazine groups is 1. The van der Waals surface area contributed by atoms with Crippen LogP contribution in [-0.2, 0) is 13.2 Å². The molecule has 0 unspecified atom stereocenters. The van der Waals surface area contributed by atoms with Crippen molar-refractivity contribution in [1.29, 1.82) is 5.41 Å². The number of benzene rings is 1. The van der Waals surface area contributed by atoms with Crippen LogP contribution in [0.2, 0.25) is 0 Å². The first-order chi connectivity index (χ1) is 16.4. The first-order valence-electron chi connectivity index (χ1n) is 10.7. The quantitative estimate of drug-likeness (QED) is 0.217. The number of alkyl halides is 3. The van der Waals surface area contributed by atoms with Crippen molar-refractivity contribution in [2.24, 2.45) is 12.9 Å². The minimum absolute atomic E-state index is 0.0127. The maximum absolute atomic E-state index is 13.3. The molecule has 0 aliphatic heterocycles. The fourth-order valence-electron chi connectivity index (χ4n) is 3.44. The molecule has 5 N–H and O–H groups in total. The molecule has 35 heavy (non-hydrogen) atoms. The summed E-state index contributed by atoms with van der Waals surface area (Å²) in [7, 11) is 1.77. The van der Waals surface area contributed by atoms with Crippen molar-refractivity contribution >= 4 is 28.7 Å². The van der Waals surface area contributed by atoms with E-state index in [4.69, 9.17) is 11.3 Å². The van der Waals surface area contributed by atoms with Gasteiger partial charge >= 0.3 is 6.18 Å². The normalized spacial score (nSPS) is 11.3. The molecule has 0 fully saturated rings. The summed E-state index contributed by atoms with van der Waals surface area (Å²) < 4.78 is 41.5. The van der Waals surface area contributed by atoms with E-state index in [-0.39, 0.29) is 29.2 Å². The minimum atomic E-state index is -4.57. The molecule has 186 valence electrons. The van der Waals surface area contributed by atoms with Gasteiger partial charge in [0.2, 0.25) is 0 Å². The van der Waals surface area contributed by atoms with E-state index in [9.17, 15) is 18.0 Å². The number of anilines is 3. The van der Waals surface area contributed by atoms with Crippen LogP contribution in [-0.4, -0.2) is 39.5 Å². The third-order valence-corrected chi connectivity index (χ3v) is 5.42. The summed E-state index contributed by atoms with van der Waals surface area (Å²) in [6.07, 6.45) is -1.67. The number of pyridine rings is 1. The van der Waals surface area contributed by atoms with Crippen molar-refractivity contribution in [2.75, 3.05) is 28.7 Å². The molecule has 12 heteroatoms. The molecule has 0 atom stereocenters. The Morgan fingerprint density at radius 1 is 1.17 bits per heavy atom. The van der Waals surface area contributed by atoms with E-state index in [0.29, 0.717) is 23.5 Å². The number of hydrogen-bond acceptors (Lipinski definition) is 7. The smallest absolute Gasteiger partial charge is 0.385 e. The van der Waals surface area contributed by atoms with E-state index in [2.05, 4.69) is 20.7 Å². The summed E-state index contributed by atoms with van der Waals surface area (Å²) in [5, 5.41) is 19.1. The molecule has 0 saturated heterocycles. The highest BCUT2D eigenvalue weighted by Gasteiger charge is 2.31. The highest BCUT2D eigenvalue weighted by atomic mass is 19.4. The van der Waals surface area contributed by atoms with Gasteiger partial charge in [-0.25, -0.2) is 5.84 Å². The number of aromatic nitrogens is 3. The van der Waals surface area contributed by atoms with Crippen LogP contribution in [0.4, 0.5) is 30.2 Å². The summed E-state index contributed by atoms with van der Waals surface area (Å²) in [5.74, 6) is 5.55. The first-order valence-corrected chi connectivity index (χ1v) is 10.7. The van der Waals surface area contributed by atoms with Gasteiger partial charge in [-0.2, -0.15) is 18.3 Å². The summed E-state index contributed by atoms with van der Waals surface area (Å²) in [5.41, 5.74) is 2.05. The largest absolute Gasteiger partial charge is 0.416 e. The predicted octanol–water partition coefficient (Wildman–Crippen LogP) is 3.88. The molecular formula is C23H27F3N8O. The number of nitrogens with one attached hydrogen (secondary N) is 3. The third-order valence-electron chi connectivity index (χ3n) is 5.42. The Morgan fingerprint density at radius 2 is 1.86 bits per heavy atom. The van der Waals surface area contributed by atoms with Gasteiger partial charge in [-0.05, 0) is 45.0 Å². The van der Waals surface area contributed by atoms with E-state index in [0.717, 1.165) is 17.8 Å². The van der Waals surface area contributed by atoms with Crippen LogP contribution in [0.5, 0.6) is 0 Å². The van der Waals surface area contributed by atoms with Crippen molar-refractivity contribution in [2.45, 2.75) is 26.9 Å². The van der Waals surface area contributed by atoms with Crippen LogP contribution in [0.25, 0.3) is 0 Å². The molecule has 0 bridgehead atoms. The maximum Gasteiger partial charge on any atom is 0.416 e. The van der Waals surface area contributed by atoms with Crippen LogP contribution in [0.15, 0.2) is 36.7 Å². The third kappa shape index (κ3) is 5.96. The number of rotatable bonds is 8. The van der Waals surface area contributed by atoms with E-state index < -0.39 is 17.6 Å². The van der Waals surface area contributed by atoms with E-state index >= 15 is 0 Å². The zero-order valence-electron chi connectivity index (χ0n) is 19.8. The van der Waals surface area contributed by atoms with E-state index in [1.54, 1.807) is 31.8 Å². The molecule has 0 radical (unpaired) electrons. The Bertz CT molecular complexity index is 1250. The van der Waals surface area contributed by atoms with Crippen LogP contribution >= 0.6 is 0 Å². The van der Waals surface area contributed by atoms with Crippen molar-refractivity contribution < 1.29 is 18.0 Å². The minimum Gasteiger partial charge on any atom is -0.385 e. The van der Waals surface area contributed by atoms with Gasteiger partial charge in [0.05, 0.1) is 41.0 Å². The molecule has 1 amide bonds. The lowest BCUT2D eigenvalue weighted by Crippen LogP contribution is -2.37. The number of carbonyl (C=O) groups is 1. The van der Waals surface area contributed by atoms with Crippen LogP contribution in [0.3, 0.4) is 0 Å². The van der Waals surface area contributed by atoms with Gasteiger partial charge in [-0.1, -0.05) is 0 Å². The second-order valence-electron chi connectivity index (χ2n) is 7.98. The van der Waals surface area contributed by atoms with Crippen molar-refractivity contribution in [1.82, 2.24) is 14.8 Å². The average molecular weight is 489 g/mol. The fourth-order valence-corrected chi connectivity index (χ4v) is 3.44. The molecule has 9 nitrogen and oxygen atoms in total. The second-order valence-corrected chi connectivity index (χ2v) is 7.98. The Kier molecular flexibility index (Phi) is 7.44. The number of carbonyl (C=O) groups excluding carboxylic acids is 1. The Balaban J connectivity index is 1.83. The van der Waals surface area contributed by atoms with Gasteiger partial charge in [0.1, 0.15) is 0 Å². The van der Waals surface area contributed by atoms with Crippen molar-refractivity contribution in [3.8, 4) is 0 Å². The van der Waals surface area contributed by atoms with E-state index in [1.807, 2.05) is 6.92 Å². The number of nitrogens with two attached hydrogens (primary N) is 1. The lowest BCUT2D eigenvalue weighted by Gasteiger charge is -2.21. The molecule has 2 heterocycles. The summed E-state index contributed by atoms with van der Waals surface area (Å²) in [4.78, 5) is 17.1. The highest BCUT2D eigenvalue weighted by molar-refractivity contribution is 6.05. The average Bonchev–Trinajstić information content (AvgIpc) is 3.11. The number of halogens is 3. The molecule has 0 aliphatic rings. The van der Waals surface area contributed by atoms with Crippen molar-refractivity contribution in [3.05, 3.63) is 64.7 Å². The first kappa shape index (κ1) is 25.7. The fraction of sp³-hybridized carbons (Fsp3) is 0.304. The highest BCUT2D eigenvalue weighted by Crippen LogP contribution is 2.33. The van der Waals surface area contributed by atoms with Gasteiger partial charge in [-0.3, -0.25) is 14.5 Å². The summed E-state index contributed by atoms with van der Waals surface area (Å²) in [6, 6.07) is 4.76. The number of aryl methyl sites for hydroxylation is 2. The summed E-state index contributed by atoms with van der Waals surface area (Å²) >= 11 is 0. The van der Waals surface area contributed by atoms with Crippen LogP contribution in [0, 0.1) is 19.3 Å². The van der Waals surface area contributed by atoms with Gasteiger partial charge < -0.3 is 21.1 Å². The summed E-state index contributed by atoms with van der Waals surface area (Å²) in [6.45, 7) is 5.74.